The number of aryl methyl sites for hydroxylation is 1. The summed E-state index contributed by atoms with van der Waals surface area (Å²) in [6.07, 6.45) is 4.73. The Kier molecular flexibility index (Phi) is 8.14. The van der Waals surface area contributed by atoms with E-state index in [1.807, 2.05) is 36.5 Å². The second-order valence-corrected chi connectivity index (χ2v) is 10.1. The summed E-state index contributed by atoms with van der Waals surface area (Å²) < 4.78 is 28.7. The lowest BCUT2D eigenvalue weighted by atomic mass is 10.0. The molecule has 0 fully saturated rings. The number of nitrogens with zero attached hydrogens (tertiary/aromatic N) is 1. The van der Waals surface area contributed by atoms with E-state index in [0.29, 0.717) is 12.1 Å². The Hall–Kier alpha value is -3.95. The lowest BCUT2D eigenvalue weighted by Crippen LogP contribution is -2.16. The number of aromatic nitrogens is 2. The van der Waals surface area contributed by atoms with Crippen LogP contribution >= 0.6 is 0 Å². The quantitative estimate of drug-likeness (QED) is 0.214. The van der Waals surface area contributed by atoms with Gasteiger partial charge in [0.15, 0.2) is 0 Å². The van der Waals surface area contributed by atoms with Crippen molar-refractivity contribution >= 4 is 21.7 Å². The number of carboxylic acids is 1. The first kappa shape index (κ1) is 25.2. The van der Waals surface area contributed by atoms with Crippen molar-refractivity contribution in [3.8, 4) is 11.1 Å². The number of aliphatic carboxylic acids is 1. The zero-order chi connectivity index (χ0) is 25.4. The second-order valence-electron chi connectivity index (χ2n) is 8.41. The van der Waals surface area contributed by atoms with Gasteiger partial charge in [0.25, 0.3) is 10.0 Å². The van der Waals surface area contributed by atoms with Gasteiger partial charge in [-0.2, -0.15) is 0 Å². The number of nitrogens with one attached hydrogen (secondary N) is 3. The van der Waals surface area contributed by atoms with Crippen molar-refractivity contribution in [1.82, 2.24) is 15.3 Å². The lowest BCUT2D eigenvalue weighted by molar-refractivity contribution is -0.136. The van der Waals surface area contributed by atoms with E-state index < -0.39 is 16.0 Å². The van der Waals surface area contributed by atoms with Crippen molar-refractivity contribution in [2.24, 2.45) is 0 Å². The van der Waals surface area contributed by atoms with E-state index in [-0.39, 0.29) is 11.3 Å². The van der Waals surface area contributed by atoms with Crippen LogP contribution < -0.4 is 10.0 Å². The number of carboxylic acid groups (broad SMARTS) is 1. The van der Waals surface area contributed by atoms with E-state index in [1.54, 1.807) is 48.8 Å². The molecule has 0 amide bonds. The Morgan fingerprint density at radius 1 is 0.917 bits per heavy atom. The predicted molar refractivity (Wildman–Crippen MR) is 139 cm³/mol. The van der Waals surface area contributed by atoms with Crippen molar-refractivity contribution in [1.29, 1.82) is 0 Å². The number of imidazole rings is 1. The van der Waals surface area contributed by atoms with Crippen molar-refractivity contribution in [2.45, 2.75) is 30.7 Å². The molecule has 186 valence electrons. The van der Waals surface area contributed by atoms with Gasteiger partial charge in [-0.15, -0.1) is 0 Å². The number of carbonyl (C=O) groups is 1. The van der Waals surface area contributed by atoms with Crippen molar-refractivity contribution in [3.63, 3.8) is 0 Å². The lowest BCUT2D eigenvalue weighted by Gasteiger charge is -2.11. The summed E-state index contributed by atoms with van der Waals surface area (Å²) in [4.78, 5) is 18.1. The topological polar surface area (TPSA) is 124 Å². The van der Waals surface area contributed by atoms with E-state index in [9.17, 15) is 13.2 Å². The first-order valence-corrected chi connectivity index (χ1v) is 13.1. The summed E-state index contributed by atoms with van der Waals surface area (Å²) in [6, 6.07) is 21.6. The molecular formula is C27H28N4O4S. The Balaban J connectivity index is 1.39. The summed E-state index contributed by atoms with van der Waals surface area (Å²) in [5.41, 5.74) is 5.02. The highest BCUT2D eigenvalue weighted by Gasteiger charge is 2.15. The molecule has 0 atom stereocenters. The van der Waals surface area contributed by atoms with Crippen LogP contribution in [0.4, 0.5) is 5.69 Å². The van der Waals surface area contributed by atoms with Crippen LogP contribution in [0.5, 0.6) is 0 Å². The molecule has 4 N–H and O–H groups in total. The molecular weight excluding hydrogens is 476 g/mol. The summed E-state index contributed by atoms with van der Waals surface area (Å²) >= 11 is 0. The Morgan fingerprint density at radius 3 is 2.47 bits per heavy atom. The van der Waals surface area contributed by atoms with Gasteiger partial charge in [0, 0.05) is 37.8 Å². The Bertz CT molecular complexity index is 1400. The average Bonchev–Trinajstić information content (AvgIpc) is 3.39. The van der Waals surface area contributed by atoms with Crippen molar-refractivity contribution in [3.05, 3.63) is 102 Å². The number of benzene rings is 3. The fourth-order valence-electron chi connectivity index (χ4n) is 3.79. The Morgan fingerprint density at radius 2 is 1.72 bits per heavy atom. The summed E-state index contributed by atoms with van der Waals surface area (Å²) in [6.45, 7) is 1.55. The van der Waals surface area contributed by atoms with Crippen LogP contribution in [0.2, 0.25) is 0 Å². The van der Waals surface area contributed by atoms with E-state index >= 15 is 0 Å². The molecule has 8 nitrogen and oxygen atoms in total. The van der Waals surface area contributed by atoms with E-state index in [2.05, 4.69) is 20.0 Å². The van der Waals surface area contributed by atoms with Gasteiger partial charge in [-0.1, -0.05) is 48.5 Å². The fourth-order valence-corrected chi connectivity index (χ4v) is 4.89. The summed E-state index contributed by atoms with van der Waals surface area (Å²) in [5, 5.41) is 12.3. The standard InChI is InChI=1S/C27H28N4O4S/c32-27(33)12-9-20-3-1-5-24(15-20)31-36(34,35)26-6-2-4-23(16-26)22-10-7-21(8-11-22)17-28-14-13-25-18-29-19-30-25/h1-8,10-11,15-16,18-19,28,31H,9,12-14,17H2,(H,29,30)(H,32,33). The maximum Gasteiger partial charge on any atom is 0.303 e. The highest BCUT2D eigenvalue weighted by Crippen LogP contribution is 2.25. The minimum atomic E-state index is -3.82. The third-order valence-electron chi connectivity index (χ3n) is 5.68. The predicted octanol–water partition coefficient (Wildman–Crippen LogP) is 4.23. The number of hydrogen-bond acceptors (Lipinski definition) is 5. The zero-order valence-corrected chi connectivity index (χ0v) is 20.5. The maximum absolute atomic E-state index is 13.0. The van der Waals surface area contributed by atoms with Gasteiger partial charge in [-0.05, 0) is 52.9 Å². The third kappa shape index (κ3) is 7.03. The molecule has 0 spiro atoms. The molecule has 4 aromatic rings. The molecule has 0 bridgehead atoms. The van der Waals surface area contributed by atoms with Crippen LogP contribution in [0.3, 0.4) is 0 Å². The number of sulfonamides is 1. The zero-order valence-electron chi connectivity index (χ0n) is 19.6. The van der Waals surface area contributed by atoms with E-state index in [0.717, 1.165) is 47.5 Å². The van der Waals surface area contributed by atoms with Gasteiger partial charge in [0.05, 0.1) is 16.9 Å². The average molecular weight is 505 g/mol. The minimum Gasteiger partial charge on any atom is -0.481 e. The first-order chi connectivity index (χ1) is 17.4. The first-order valence-electron chi connectivity index (χ1n) is 11.6. The molecule has 0 aliphatic rings. The van der Waals surface area contributed by atoms with Gasteiger partial charge < -0.3 is 15.4 Å². The van der Waals surface area contributed by atoms with Gasteiger partial charge in [-0.25, -0.2) is 13.4 Å². The van der Waals surface area contributed by atoms with Crippen LogP contribution in [0.25, 0.3) is 11.1 Å². The largest absolute Gasteiger partial charge is 0.481 e. The molecule has 0 unspecified atom stereocenters. The molecule has 4 rings (SSSR count). The summed E-state index contributed by atoms with van der Waals surface area (Å²) in [7, 11) is -3.82. The van der Waals surface area contributed by atoms with E-state index in [4.69, 9.17) is 5.11 Å². The summed E-state index contributed by atoms with van der Waals surface area (Å²) in [5.74, 6) is -0.896. The molecule has 36 heavy (non-hydrogen) atoms. The number of anilines is 1. The van der Waals surface area contributed by atoms with Crippen LogP contribution in [0, 0.1) is 0 Å². The van der Waals surface area contributed by atoms with Gasteiger partial charge in [0.1, 0.15) is 0 Å². The normalized spacial score (nSPS) is 11.3. The highest BCUT2D eigenvalue weighted by molar-refractivity contribution is 7.92. The van der Waals surface area contributed by atoms with Crippen molar-refractivity contribution in [2.75, 3.05) is 11.3 Å². The number of H-pyrrole nitrogens is 1. The molecule has 3 aromatic carbocycles. The van der Waals surface area contributed by atoms with Crippen LogP contribution in [-0.2, 0) is 34.2 Å². The smallest absolute Gasteiger partial charge is 0.303 e. The molecule has 1 heterocycles. The van der Waals surface area contributed by atoms with Crippen LogP contribution in [0.1, 0.15) is 23.2 Å². The number of rotatable bonds is 12. The van der Waals surface area contributed by atoms with Crippen LogP contribution in [0.15, 0.2) is 90.2 Å². The molecule has 0 radical (unpaired) electrons. The second kappa shape index (κ2) is 11.7. The van der Waals surface area contributed by atoms with E-state index in [1.165, 1.54) is 0 Å². The van der Waals surface area contributed by atoms with Gasteiger partial charge in [0.2, 0.25) is 0 Å². The maximum atomic E-state index is 13.0. The minimum absolute atomic E-state index is 0.0157. The third-order valence-corrected chi connectivity index (χ3v) is 7.06. The fraction of sp³-hybridized carbons (Fsp3) is 0.185. The van der Waals surface area contributed by atoms with Gasteiger partial charge in [-0.3, -0.25) is 9.52 Å². The monoisotopic (exact) mass is 504 g/mol. The number of aromatic amines is 1. The van der Waals surface area contributed by atoms with Crippen LogP contribution in [-0.4, -0.2) is 36.0 Å². The highest BCUT2D eigenvalue weighted by atomic mass is 32.2. The van der Waals surface area contributed by atoms with Crippen molar-refractivity contribution < 1.29 is 18.3 Å². The Labute approximate surface area is 210 Å². The molecule has 1 aromatic heterocycles. The molecule has 0 aliphatic carbocycles. The molecule has 9 heteroatoms. The number of hydrogen-bond donors (Lipinski definition) is 4. The molecule has 0 aliphatic heterocycles. The molecule has 0 saturated heterocycles. The SMILES string of the molecule is O=C(O)CCc1cccc(NS(=O)(=O)c2cccc(-c3ccc(CNCCc4c[nH]cn4)cc3)c2)c1. The molecule has 0 saturated carbocycles. The van der Waals surface area contributed by atoms with Gasteiger partial charge >= 0.3 is 5.97 Å².